The van der Waals surface area contributed by atoms with Crippen LogP contribution in [0.4, 0.5) is 0 Å². The van der Waals surface area contributed by atoms with Gasteiger partial charge in [0.2, 0.25) is 0 Å². The largest absolute Gasteiger partial charge is 0.378 e. The molecule has 2 rings (SSSR count). The minimum Gasteiger partial charge on any atom is -0.378 e. The molecule has 0 aliphatic carbocycles. The Kier molecular flexibility index (Phi) is 3.35. The Balaban J connectivity index is 0.000000720. The Morgan fingerprint density at radius 1 is 1.25 bits per heavy atom. The SMILES string of the molecule is CN1C2COCC1CC(N)C2.Cl. The molecule has 0 aromatic rings. The highest BCUT2D eigenvalue weighted by Crippen LogP contribution is 2.24. The fourth-order valence-corrected chi connectivity index (χ4v) is 2.14. The number of ether oxygens (including phenoxy) is 1. The first-order valence-corrected chi connectivity index (χ1v) is 4.32. The Morgan fingerprint density at radius 2 is 1.75 bits per heavy atom. The average molecular weight is 193 g/mol. The summed E-state index contributed by atoms with van der Waals surface area (Å²) < 4.78 is 5.46. The van der Waals surface area contributed by atoms with Crippen LogP contribution in [0.3, 0.4) is 0 Å². The molecule has 2 heterocycles. The summed E-state index contributed by atoms with van der Waals surface area (Å²) in [6.07, 6.45) is 2.21. The van der Waals surface area contributed by atoms with Crippen molar-refractivity contribution in [1.29, 1.82) is 0 Å². The molecule has 2 fully saturated rings. The molecule has 0 radical (unpaired) electrons. The molecule has 0 spiro atoms. The molecule has 2 saturated heterocycles. The van der Waals surface area contributed by atoms with E-state index in [0.29, 0.717) is 18.1 Å². The summed E-state index contributed by atoms with van der Waals surface area (Å²) in [6.45, 7) is 1.75. The number of halogens is 1. The van der Waals surface area contributed by atoms with Crippen LogP contribution in [0.1, 0.15) is 12.8 Å². The third-order valence-corrected chi connectivity index (χ3v) is 2.92. The zero-order valence-corrected chi connectivity index (χ0v) is 8.22. The van der Waals surface area contributed by atoms with E-state index in [1.807, 2.05) is 0 Å². The van der Waals surface area contributed by atoms with Gasteiger partial charge in [-0.1, -0.05) is 0 Å². The van der Waals surface area contributed by atoms with Crippen molar-refractivity contribution in [3.63, 3.8) is 0 Å². The second-order valence-electron chi connectivity index (χ2n) is 3.74. The molecule has 0 aromatic heterocycles. The standard InChI is InChI=1S/C8H16N2O.ClH/c1-10-7-2-6(9)3-8(10)5-11-4-7;/h6-8H,2-5,9H2,1H3;1H. The van der Waals surface area contributed by atoms with Gasteiger partial charge >= 0.3 is 0 Å². The topological polar surface area (TPSA) is 38.5 Å². The molecule has 12 heavy (non-hydrogen) atoms. The number of nitrogens with two attached hydrogens (primary N) is 1. The maximum absolute atomic E-state index is 5.90. The van der Waals surface area contributed by atoms with E-state index in [1.165, 1.54) is 0 Å². The fraction of sp³-hybridized carbons (Fsp3) is 1.00. The highest BCUT2D eigenvalue weighted by atomic mass is 35.5. The first-order chi connectivity index (χ1) is 5.27. The maximum atomic E-state index is 5.90. The van der Waals surface area contributed by atoms with Gasteiger partial charge in [0.05, 0.1) is 13.2 Å². The van der Waals surface area contributed by atoms with Gasteiger partial charge in [0.15, 0.2) is 0 Å². The van der Waals surface area contributed by atoms with Crippen LogP contribution < -0.4 is 5.73 Å². The van der Waals surface area contributed by atoms with E-state index in [4.69, 9.17) is 10.5 Å². The van der Waals surface area contributed by atoms with Crippen molar-refractivity contribution in [1.82, 2.24) is 4.90 Å². The predicted molar refractivity (Wildman–Crippen MR) is 50.6 cm³/mol. The predicted octanol–water partition coefficient (Wildman–Crippen LogP) is 0.228. The van der Waals surface area contributed by atoms with Crippen LogP contribution in [0.5, 0.6) is 0 Å². The van der Waals surface area contributed by atoms with Crippen LogP contribution in [-0.2, 0) is 4.74 Å². The van der Waals surface area contributed by atoms with E-state index in [-0.39, 0.29) is 12.4 Å². The van der Waals surface area contributed by atoms with Crippen LogP contribution >= 0.6 is 12.4 Å². The third kappa shape index (κ3) is 1.74. The van der Waals surface area contributed by atoms with Gasteiger partial charge in [0.1, 0.15) is 0 Å². The van der Waals surface area contributed by atoms with Gasteiger partial charge in [-0.05, 0) is 19.9 Å². The number of rotatable bonds is 0. The number of hydrogen-bond acceptors (Lipinski definition) is 3. The van der Waals surface area contributed by atoms with Gasteiger partial charge in [0.25, 0.3) is 0 Å². The number of piperidine rings is 1. The molecule has 2 N–H and O–H groups in total. The van der Waals surface area contributed by atoms with Gasteiger partial charge in [-0.2, -0.15) is 0 Å². The van der Waals surface area contributed by atoms with E-state index in [9.17, 15) is 0 Å². The molecular formula is C8H17ClN2O. The lowest BCUT2D eigenvalue weighted by atomic mass is 9.91. The molecule has 72 valence electrons. The maximum Gasteiger partial charge on any atom is 0.0623 e. The molecule has 2 atom stereocenters. The average Bonchev–Trinajstić information content (AvgIpc) is 1.92. The van der Waals surface area contributed by atoms with Crippen LogP contribution in [0.2, 0.25) is 0 Å². The summed E-state index contributed by atoms with van der Waals surface area (Å²) in [5.41, 5.74) is 5.90. The molecular weight excluding hydrogens is 176 g/mol. The number of morpholine rings is 1. The quantitative estimate of drug-likeness (QED) is 0.597. The summed E-state index contributed by atoms with van der Waals surface area (Å²) >= 11 is 0. The van der Waals surface area contributed by atoms with E-state index in [2.05, 4.69) is 11.9 Å². The van der Waals surface area contributed by atoms with Gasteiger partial charge in [-0.15, -0.1) is 12.4 Å². The fourth-order valence-electron chi connectivity index (χ4n) is 2.14. The zero-order valence-electron chi connectivity index (χ0n) is 7.40. The third-order valence-electron chi connectivity index (χ3n) is 2.92. The monoisotopic (exact) mass is 192 g/mol. The van der Waals surface area contributed by atoms with E-state index in [0.717, 1.165) is 26.1 Å². The Hall–Kier alpha value is 0.170. The minimum absolute atomic E-state index is 0. The molecule has 2 bridgehead atoms. The minimum atomic E-state index is 0. The Bertz CT molecular complexity index is 142. The van der Waals surface area contributed by atoms with Crippen molar-refractivity contribution in [3.05, 3.63) is 0 Å². The van der Waals surface area contributed by atoms with Gasteiger partial charge in [0, 0.05) is 18.1 Å². The zero-order chi connectivity index (χ0) is 7.84. The molecule has 4 heteroatoms. The highest BCUT2D eigenvalue weighted by molar-refractivity contribution is 5.85. The Labute approximate surface area is 79.6 Å². The molecule has 0 amide bonds. The second kappa shape index (κ2) is 3.92. The van der Waals surface area contributed by atoms with Gasteiger partial charge in [-0.25, -0.2) is 0 Å². The Morgan fingerprint density at radius 3 is 2.25 bits per heavy atom. The molecule has 0 aromatic carbocycles. The van der Waals surface area contributed by atoms with Crippen molar-refractivity contribution in [2.75, 3.05) is 20.3 Å². The smallest absolute Gasteiger partial charge is 0.0623 e. The first kappa shape index (κ1) is 10.3. The van der Waals surface area contributed by atoms with Crippen LogP contribution in [0.15, 0.2) is 0 Å². The van der Waals surface area contributed by atoms with Crippen LogP contribution in [0.25, 0.3) is 0 Å². The van der Waals surface area contributed by atoms with Gasteiger partial charge in [-0.3, -0.25) is 4.90 Å². The first-order valence-electron chi connectivity index (χ1n) is 4.32. The van der Waals surface area contributed by atoms with Crippen molar-refractivity contribution in [2.24, 2.45) is 5.73 Å². The molecule has 2 aliphatic heterocycles. The summed E-state index contributed by atoms with van der Waals surface area (Å²) in [5.74, 6) is 0. The second-order valence-corrected chi connectivity index (χ2v) is 3.74. The van der Waals surface area contributed by atoms with E-state index in [1.54, 1.807) is 0 Å². The summed E-state index contributed by atoms with van der Waals surface area (Å²) in [6, 6.07) is 1.57. The van der Waals surface area contributed by atoms with Crippen molar-refractivity contribution in [3.8, 4) is 0 Å². The summed E-state index contributed by atoms with van der Waals surface area (Å²) in [5, 5.41) is 0. The van der Waals surface area contributed by atoms with E-state index >= 15 is 0 Å². The van der Waals surface area contributed by atoms with E-state index < -0.39 is 0 Å². The van der Waals surface area contributed by atoms with Gasteiger partial charge < -0.3 is 10.5 Å². The highest BCUT2D eigenvalue weighted by Gasteiger charge is 2.34. The van der Waals surface area contributed by atoms with Crippen molar-refractivity contribution < 1.29 is 4.74 Å². The van der Waals surface area contributed by atoms with Crippen molar-refractivity contribution >= 4 is 12.4 Å². The summed E-state index contributed by atoms with van der Waals surface area (Å²) in [4.78, 5) is 2.42. The lowest BCUT2D eigenvalue weighted by Gasteiger charge is -2.45. The normalized spacial score (nSPS) is 42.0. The lowest BCUT2D eigenvalue weighted by Crippen LogP contribution is -2.57. The molecule has 2 unspecified atom stereocenters. The molecule has 3 nitrogen and oxygen atoms in total. The van der Waals surface area contributed by atoms with Crippen LogP contribution in [0, 0.1) is 0 Å². The number of hydrogen-bond donors (Lipinski definition) is 1. The molecule has 2 aliphatic rings. The number of nitrogens with zero attached hydrogens (tertiary/aromatic N) is 1. The van der Waals surface area contributed by atoms with Crippen molar-refractivity contribution in [2.45, 2.75) is 31.0 Å². The molecule has 0 saturated carbocycles. The lowest BCUT2D eigenvalue weighted by molar-refractivity contribution is -0.0644. The van der Waals surface area contributed by atoms with Crippen LogP contribution in [-0.4, -0.2) is 43.3 Å². The summed E-state index contributed by atoms with van der Waals surface area (Å²) in [7, 11) is 2.18. The number of fused-ring (bicyclic) bond motifs is 2. The number of likely N-dealkylation sites (N-methyl/N-ethyl adjacent to an activating group) is 1.